The Bertz CT molecular complexity index is 1320. The van der Waals surface area contributed by atoms with Crippen LogP contribution in [0.15, 0.2) is 47.3 Å². The Morgan fingerprint density at radius 3 is 2.24 bits per heavy atom. The number of hydrogen-bond acceptors (Lipinski definition) is 5. The number of nitrogens with zero attached hydrogens (tertiary/aromatic N) is 2. The number of benzene rings is 2. The van der Waals surface area contributed by atoms with Crippen LogP contribution in [0.3, 0.4) is 0 Å². The molecule has 0 saturated carbocycles. The summed E-state index contributed by atoms with van der Waals surface area (Å²) in [4.78, 5) is 53.7. The Hall–Kier alpha value is -3.16. The van der Waals surface area contributed by atoms with E-state index < -0.39 is 28.9 Å². The minimum atomic E-state index is -0.914. The lowest BCUT2D eigenvalue weighted by molar-refractivity contribution is -0.134. The van der Waals surface area contributed by atoms with Crippen LogP contribution in [0.2, 0.25) is 10.0 Å². The predicted octanol–water partition coefficient (Wildman–Crippen LogP) is 5.52. The molecule has 9 heteroatoms. The van der Waals surface area contributed by atoms with E-state index in [-0.39, 0.29) is 34.7 Å². The average molecular weight is 503 g/mol. The van der Waals surface area contributed by atoms with E-state index in [2.05, 4.69) is 0 Å². The number of ether oxygens (including phenoxy) is 1. The molecule has 3 rings (SSSR count). The number of rotatable bonds is 7. The maximum atomic E-state index is 13.9. The normalized spacial score (nSPS) is 10.9. The molecule has 3 aromatic rings. The predicted molar refractivity (Wildman–Crippen MR) is 133 cm³/mol. The Kier molecular flexibility index (Phi) is 8.12. The van der Waals surface area contributed by atoms with Gasteiger partial charge in [-0.05, 0) is 49.2 Å². The molecular formula is C25H24Cl2N2O5. The van der Waals surface area contributed by atoms with Crippen LogP contribution in [0.4, 0.5) is 5.69 Å². The first-order chi connectivity index (χ1) is 16.2. The maximum Gasteiger partial charge on any atom is 0.311 e. The number of amides is 2. The van der Waals surface area contributed by atoms with E-state index in [0.717, 1.165) is 4.90 Å². The number of carbonyl (C=O) groups is 3. The van der Waals surface area contributed by atoms with Gasteiger partial charge in [0.05, 0.1) is 21.6 Å². The Morgan fingerprint density at radius 1 is 0.971 bits per heavy atom. The SMILES string of the molecule is CCCC(=O)Oc1c(C(=O)N(C(=O)CCC)c2ccc(Cl)cc2)c(=O)n(C)c2cccc(Cl)c12. The van der Waals surface area contributed by atoms with Crippen LogP contribution in [0.25, 0.3) is 10.9 Å². The fraction of sp³-hybridized carbons (Fsp3) is 0.280. The molecule has 0 saturated heterocycles. The summed E-state index contributed by atoms with van der Waals surface area (Å²) in [5, 5.41) is 0.846. The van der Waals surface area contributed by atoms with Crippen molar-refractivity contribution in [3.8, 4) is 5.75 Å². The molecular weight excluding hydrogens is 479 g/mol. The van der Waals surface area contributed by atoms with Gasteiger partial charge < -0.3 is 9.30 Å². The number of imide groups is 1. The standard InChI is InChI=1S/C25H24Cl2N2O5/c1-4-7-19(30)29(16-13-11-15(26)12-14-16)25(33)22-23(34-20(31)8-5-2)21-17(27)9-6-10-18(21)28(3)24(22)32/h6,9-14H,4-5,7-8H2,1-3H3. The lowest BCUT2D eigenvalue weighted by atomic mass is 10.1. The summed E-state index contributed by atoms with van der Waals surface area (Å²) < 4.78 is 6.81. The van der Waals surface area contributed by atoms with Gasteiger partial charge in [0.1, 0.15) is 5.56 Å². The lowest BCUT2D eigenvalue weighted by Gasteiger charge is -2.23. The number of anilines is 1. The Balaban J connectivity index is 2.33. The number of aromatic nitrogens is 1. The molecule has 0 unspecified atom stereocenters. The summed E-state index contributed by atoms with van der Waals surface area (Å²) in [5.74, 6) is -2.30. The van der Waals surface area contributed by atoms with Gasteiger partial charge in [-0.25, -0.2) is 4.90 Å². The second-order valence-electron chi connectivity index (χ2n) is 7.69. The summed E-state index contributed by atoms with van der Waals surface area (Å²) in [6.45, 7) is 3.60. The van der Waals surface area contributed by atoms with Crippen molar-refractivity contribution in [2.45, 2.75) is 39.5 Å². The molecule has 0 radical (unpaired) electrons. The summed E-state index contributed by atoms with van der Waals surface area (Å²) in [7, 11) is 1.48. The summed E-state index contributed by atoms with van der Waals surface area (Å²) >= 11 is 12.4. The molecule has 0 aliphatic rings. The molecule has 2 amide bonds. The van der Waals surface area contributed by atoms with Gasteiger partial charge in [-0.15, -0.1) is 0 Å². The molecule has 0 aliphatic carbocycles. The third kappa shape index (κ3) is 5.00. The molecule has 0 spiro atoms. The second-order valence-corrected chi connectivity index (χ2v) is 8.53. The molecule has 1 aromatic heterocycles. The summed E-state index contributed by atoms with van der Waals surface area (Å²) in [6, 6.07) is 10.9. The van der Waals surface area contributed by atoms with Crippen molar-refractivity contribution in [3.63, 3.8) is 0 Å². The first-order valence-electron chi connectivity index (χ1n) is 10.9. The lowest BCUT2D eigenvalue weighted by Crippen LogP contribution is -2.41. The molecule has 178 valence electrons. The molecule has 0 N–H and O–H groups in total. The topological polar surface area (TPSA) is 85.7 Å². The zero-order valence-corrected chi connectivity index (χ0v) is 20.6. The third-order valence-corrected chi connectivity index (χ3v) is 5.78. The van der Waals surface area contributed by atoms with Gasteiger partial charge in [0.15, 0.2) is 5.75 Å². The third-order valence-electron chi connectivity index (χ3n) is 5.21. The number of pyridine rings is 1. The fourth-order valence-electron chi connectivity index (χ4n) is 3.58. The van der Waals surface area contributed by atoms with Gasteiger partial charge in [-0.3, -0.25) is 19.2 Å². The first kappa shape index (κ1) is 25.5. The minimum absolute atomic E-state index is 0.0635. The van der Waals surface area contributed by atoms with Gasteiger partial charge in [0.2, 0.25) is 5.91 Å². The average Bonchev–Trinajstić information content (AvgIpc) is 2.79. The van der Waals surface area contributed by atoms with Crippen molar-refractivity contribution < 1.29 is 19.1 Å². The van der Waals surface area contributed by atoms with Gasteiger partial charge in [0, 0.05) is 24.9 Å². The molecule has 1 heterocycles. The van der Waals surface area contributed by atoms with Gasteiger partial charge in [0.25, 0.3) is 11.5 Å². The van der Waals surface area contributed by atoms with Crippen molar-refractivity contribution in [3.05, 3.63) is 68.4 Å². The highest BCUT2D eigenvalue weighted by molar-refractivity contribution is 6.36. The first-order valence-corrected chi connectivity index (χ1v) is 11.6. The Labute approximate surface area is 206 Å². The van der Waals surface area contributed by atoms with Gasteiger partial charge >= 0.3 is 5.97 Å². The van der Waals surface area contributed by atoms with Gasteiger partial charge in [-0.1, -0.05) is 43.1 Å². The zero-order chi connectivity index (χ0) is 25.0. The quantitative estimate of drug-likeness (QED) is 0.396. The molecule has 2 aromatic carbocycles. The van der Waals surface area contributed by atoms with E-state index in [4.69, 9.17) is 27.9 Å². The van der Waals surface area contributed by atoms with Crippen molar-refractivity contribution >= 4 is 57.6 Å². The molecule has 0 bridgehead atoms. The van der Waals surface area contributed by atoms with E-state index >= 15 is 0 Å². The largest absolute Gasteiger partial charge is 0.425 e. The number of halogens is 2. The van der Waals surface area contributed by atoms with Crippen LogP contribution in [0, 0.1) is 0 Å². The van der Waals surface area contributed by atoms with Crippen LogP contribution in [-0.4, -0.2) is 22.4 Å². The zero-order valence-electron chi connectivity index (χ0n) is 19.1. The molecule has 0 fully saturated rings. The van der Waals surface area contributed by atoms with E-state index in [0.29, 0.717) is 23.4 Å². The number of fused-ring (bicyclic) bond motifs is 1. The molecule has 0 aliphatic heterocycles. The number of esters is 1. The number of aryl methyl sites for hydroxylation is 1. The summed E-state index contributed by atoms with van der Waals surface area (Å²) in [5.41, 5.74) is -0.555. The van der Waals surface area contributed by atoms with E-state index in [1.54, 1.807) is 32.0 Å². The monoisotopic (exact) mass is 502 g/mol. The number of carbonyl (C=O) groups excluding carboxylic acids is 3. The maximum absolute atomic E-state index is 13.9. The van der Waals surface area contributed by atoms with Crippen LogP contribution in [0.1, 0.15) is 49.9 Å². The van der Waals surface area contributed by atoms with E-state index in [9.17, 15) is 19.2 Å². The minimum Gasteiger partial charge on any atom is -0.425 e. The van der Waals surface area contributed by atoms with Gasteiger partial charge in [-0.2, -0.15) is 0 Å². The fourth-order valence-corrected chi connectivity index (χ4v) is 3.96. The van der Waals surface area contributed by atoms with E-state index in [1.807, 2.05) is 0 Å². The number of hydrogen-bond donors (Lipinski definition) is 0. The molecule has 0 atom stereocenters. The smallest absolute Gasteiger partial charge is 0.311 e. The van der Waals surface area contributed by atoms with Crippen LogP contribution >= 0.6 is 23.2 Å². The van der Waals surface area contributed by atoms with Crippen molar-refractivity contribution in [2.75, 3.05) is 4.90 Å². The van der Waals surface area contributed by atoms with Crippen LogP contribution in [-0.2, 0) is 16.6 Å². The molecule has 7 nitrogen and oxygen atoms in total. The van der Waals surface area contributed by atoms with Crippen LogP contribution < -0.4 is 15.2 Å². The van der Waals surface area contributed by atoms with Crippen molar-refractivity contribution in [2.24, 2.45) is 7.05 Å². The molecule has 34 heavy (non-hydrogen) atoms. The van der Waals surface area contributed by atoms with Crippen molar-refractivity contribution in [1.82, 2.24) is 4.57 Å². The highest BCUT2D eigenvalue weighted by Gasteiger charge is 2.32. The highest BCUT2D eigenvalue weighted by Crippen LogP contribution is 2.35. The van der Waals surface area contributed by atoms with Crippen LogP contribution in [0.5, 0.6) is 5.75 Å². The highest BCUT2D eigenvalue weighted by atomic mass is 35.5. The summed E-state index contributed by atoms with van der Waals surface area (Å²) in [6.07, 6.45) is 1.12. The van der Waals surface area contributed by atoms with Crippen molar-refractivity contribution in [1.29, 1.82) is 0 Å². The Morgan fingerprint density at radius 2 is 1.62 bits per heavy atom. The second kappa shape index (κ2) is 10.8. The van der Waals surface area contributed by atoms with E-state index in [1.165, 1.54) is 35.9 Å².